The summed E-state index contributed by atoms with van der Waals surface area (Å²) in [6.45, 7) is 2.03. The van der Waals surface area contributed by atoms with Crippen molar-refractivity contribution in [3.63, 3.8) is 0 Å². The summed E-state index contributed by atoms with van der Waals surface area (Å²) in [5, 5.41) is 3.70. The minimum Gasteiger partial charge on any atom is -0.444 e. The molecule has 1 aromatic heterocycles. The number of carbonyl (C=O) groups is 1. The van der Waals surface area contributed by atoms with E-state index >= 15 is 0 Å². The monoisotopic (exact) mass is 360 g/mol. The molecule has 0 spiro atoms. The van der Waals surface area contributed by atoms with E-state index in [2.05, 4.69) is 10.3 Å². The fraction of sp³-hybridized carbons (Fsp3) is 0.111. The summed E-state index contributed by atoms with van der Waals surface area (Å²) in [4.78, 5) is 16.6. The molecule has 24 heavy (non-hydrogen) atoms. The minimum atomic E-state index is -0.328. The SMILES string of the molecule is CCc1ccccc1NC(=O)c1coc(-c2ccc(Cl)c(Cl)c2)n1. The molecule has 0 saturated carbocycles. The van der Waals surface area contributed by atoms with Gasteiger partial charge in [0.15, 0.2) is 5.69 Å². The second-order valence-corrected chi connectivity index (χ2v) is 5.95. The van der Waals surface area contributed by atoms with Crippen LogP contribution in [-0.2, 0) is 6.42 Å². The molecular weight excluding hydrogens is 347 g/mol. The van der Waals surface area contributed by atoms with E-state index in [-0.39, 0.29) is 11.6 Å². The molecule has 0 atom stereocenters. The van der Waals surface area contributed by atoms with E-state index in [4.69, 9.17) is 27.6 Å². The number of halogens is 2. The van der Waals surface area contributed by atoms with Gasteiger partial charge in [0.25, 0.3) is 5.91 Å². The molecule has 122 valence electrons. The number of amides is 1. The molecule has 1 amide bonds. The Balaban J connectivity index is 1.82. The number of benzene rings is 2. The Hall–Kier alpha value is -2.30. The Morgan fingerprint density at radius 1 is 1.17 bits per heavy atom. The topological polar surface area (TPSA) is 55.1 Å². The Kier molecular flexibility index (Phi) is 4.88. The van der Waals surface area contributed by atoms with Gasteiger partial charge in [-0.2, -0.15) is 0 Å². The van der Waals surface area contributed by atoms with Crippen LogP contribution in [-0.4, -0.2) is 10.9 Å². The molecule has 1 heterocycles. The highest BCUT2D eigenvalue weighted by Crippen LogP contribution is 2.28. The van der Waals surface area contributed by atoms with E-state index in [0.717, 1.165) is 17.7 Å². The molecule has 0 radical (unpaired) electrons. The van der Waals surface area contributed by atoms with Crippen molar-refractivity contribution in [2.75, 3.05) is 5.32 Å². The number of oxazole rings is 1. The highest BCUT2D eigenvalue weighted by atomic mass is 35.5. The Labute approximate surface area is 149 Å². The number of carbonyl (C=O) groups excluding carboxylic acids is 1. The molecule has 0 fully saturated rings. The molecule has 0 unspecified atom stereocenters. The van der Waals surface area contributed by atoms with Crippen LogP contribution in [0, 0.1) is 0 Å². The van der Waals surface area contributed by atoms with Gasteiger partial charge in [-0.05, 0) is 36.2 Å². The van der Waals surface area contributed by atoms with Gasteiger partial charge in [0.1, 0.15) is 6.26 Å². The van der Waals surface area contributed by atoms with Crippen LogP contribution in [0.25, 0.3) is 11.5 Å². The van der Waals surface area contributed by atoms with Gasteiger partial charge >= 0.3 is 0 Å². The first-order chi connectivity index (χ1) is 11.6. The number of rotatable bonds is 4. The highest BCUT2D eigenvalue weighted by Gasteiger charge is 2.15. The summed E-state index contributed by atoms with van der Waals surface area (Å²) in [5.74, 6) is -0.0200. The number of hydrogen-bond donors (Lipinski definition) is 1. The maximum atomic E-state index is 12.4. The zero-order valence-electron chi connectivity index (χ0n) is 12.8. The fourth-order valence-corrected chi connectivity index (χ4v) is 2.57. The summed E-state index contributed by atoms with van der Waals surface area (Å²) in [6, 6.07) is 12.7. The summed E-state index contributed by atoms with van der Waals surface area (Å²) in [6.07, 6.45) is 2.14. The summed E-state index contributed by atoms with van der Waals surface area (Å²) in [5.41, 5.74) is 2.67. The van der Waals surface area contributed by atoms with Crippen molar-refractivity contribution < 1.29 is 9.21 Å². The lowest BCUT2D eigenvalue weighted by Crippen LogP contribution is -2.13. The average Bonchev–Trinajstić information content (AvgIpc) is 3.08. The van der Waals surface area contributed by atoms with Gasteiger partial charge in [-0.15, -0.1) is 0 Å². The molecule has 0 aliphatic heterocycles. The van der Waals surface area contributed by atoms with E-state index in [0.29, 0.717) is 21.5 Å². The van der Waals surface area contributed by atoms with Crippen LogP contribution < -0.4 is 5.32 Å². The van der Waals surface area contributed by atoms with Gasteiger partial charge in [0.05, 0.1) is 10.0 Å². The van der Waals surface area contributed by atoms with E-state index in [9.17, 15) is 4.79 Å². The lowest BCUT2D eigenvalue weighted by molar-refractivity contribution is 0.102. The molecule has 6 heteroatoms. The van der Waals surface area contributed by atoms with Gasteiger partial charge in [0.2, 0.25) is 5.89 Å². The van der Waals surface area contributed by atoms with Crippen molar-refractivity contribution in [1.82, 2.24) is 4.98 Å². The molecule has 3 aromatic rings. The van der Waals surface area contributed by atoms with Gasteiger partial charge < -0.3 is 9.73 Å². The van der Waals surface area contributed by atoms with Crippen molar-refractivity contribution in [3.05, 3.63) is 70.0 Å². The third-order valence-corrected chi connectivity index (χ3v) is 4.29. The quantitative estimate of drug-likeness (QED) is 0.671. The van der Waals surface area contributed by atoms with E-state index < -0.39 is 0 Å². The standard InChI is InChI=1S/C18H14Cl2N2O2/c1-2-11-5-3-4-6-15(11)21-17(23)16-10-24-18(22-16)12-7-8-13(19)14(20)9-12/h3-10H,2H2,1H3,(H,21,23). The van der Waals surface area contributed by atoms with Gasteiger partial charge in [0, 0.05) is 11.3 Å². The smallest absolute Gasteiger partial charge is 0.277 e. The van der Waals surface area contributed by atoms with Gasteiger partial charge in [-0.3, -0.25) is 4.79 Å². The molecule has 2 aromatic carbocycles. The molecule has 0 saturated heterocycles. The third kappa shape index (κ3) is 3.45. The molecule has 3 rings (SSSR count). The molecular formula is C18H14Cl2N2O2. The van der Waals surface area contributed by atoms with Crippen molar-refractivity contribution in [2.45, 2.75) is 13.3 Å². The zero-order chi connectivity index (χ0) is 17.1. The predicted molar refractivity (Wildman–Crippen MR) is 95.7 cm³/mol. The maximum absolute atomic E-state index is 12.4. The van der Waals surface area contributed by atoms with Crippen LogP contribution in [0.5, 0.6) is 0 Å². The maximum Gasteiger partial charge on any atom is 0.277 e. The number of nitrogens with zero attached hydrogens (tertiary/aromatic N) is 1. The Bertz CT molecular complexity index is 890. The van der Waals surface area contributed by atoms with E-state index in [1.807, 2.05) is 31.2 Å². The summed E-state index contributed by atoms with van der Waals surface area (Å²) < 4.78 is 5.39. The number of nitrogens with one attached hydrogen (secondary N) is 1. The van der Waals surface area contributed by atoms with Crippen LogP contribution in [0.3, 0.4) is 0 Å². The predicted octanol–water partition coefficient (Wildman–Crippen LogP) is 5.46. The summed E-state index contributed by atoms with van der Waals surface area (Å²) >= 11 is 11.9. The van der Waals surface area contributed by atoms with Crippen LogP contribution in [0.1, 0.15) is 23.0 Å². The molecule has 0 bridgehead atoms. The van der Waals surface area contributed by atoms with Crippen molar-refractivity contribution in [3.8, 4) is 11.5 Å². The number of aryl methyl sites for hydroxylation is 1. The summed E-state index contributed by atoms with van der Waals surface area (Å²) in [7, 11) is 0. The fourth-order valence-electron chi connectivity index (χ4n) is 2.28. The molecule has 0 aliphatic rings. The van der Waals surface area contributed by atoms with E-state index in [1.54, 1.807) is 18.2 Å². The van der Waals surface area contributed by atoms with Crippen LogP contribution in [0.15, 0.2) is 53.1 Å². The average molecular weight is 361 g/mol. The lowest BCUT2D eigenvalue weighted by atomic mass is 10.1. The second-order valence-electron chi connectivity index (χ2n) is 5.13. The van der Waals surface area contributed by atoms with Crippen molar-refractivity contribution >= 4 is 34.8 Å². The van der Waals surface area contributed by atoms with Crippen molar-refractivity contribution in [1.29, 1.82) is 0 Å². The number of hydrogen-bond acceptors (Lipinski definition) is 3. The van der Waals surface area contributed by atoms with Crippen LogP contribution in [0.2, 0.25) is 10.0 Å². The van der Waals surface area contributed by atoms with E-state index in [1.165, 1.54) is 6.26 Å². The largest absolute Gasteiger partial charge is 0.444 e. The number of para-hydroxylation sites is 1. The molecule has 0 aliphatic carbocycles. The third-order valence-electron chi connectivity index (χ3n) is 3.55. The zero-order valence-corrected chi connectivity index (χ0v) is 14.4. The first kappa shape index (κ1) is 16.6. The minimum absolute atomic E-state index is 0.196. The Morgan fingerprint density at radius 2 is 1.96 bits per heavy atom. The molecule has 4 nitrogen and oxygen atoms in total. The van der Waals surface area contributed by atoms with Crippen LogP contribution in [0.4, 0.5) is 5.69 Å². The van der Waals surface area contributed by atoms with Gasteiger partial charge in [-0.25, -0.2) is 4.98 Å². The Morgan fingerprint density at radius 3 is 2.71 bits per heavy atom. The first-order valence-corrected chi connectivity index (χ1v) is 8.14. The van der Waals surface area contributed by atoms with Gasteiger partial charge in [-0.1, -0.05) is 48.3 Å². The molecule has 1 N–H and O–H groups in total. The van der Waals surface area contributed by atoms with Crippen molar-refractivity contribution in [2.24, 2.45) is 0 Å². The second kappa shape index (κ2) is 7.07. The highest BCUT2D eigenvalue weighted by molar-refractivity contribution is 6.42. The first-order valence-electron chi connectivity index (χ1n) is 7.38. The van der Waals surface area contributed by atoms with Crippen LogP contribution >= 0.6 is 23.2 Å². The number of anilines is 1. The normalized spacial score (nSPS) is 10.6. The number of aromatic nitrogens is 1. The lowest BCUT2D eigenvalue weighted by Gasteiger charge is -2.07.